The molecule has 0 aliphatic carbocycles. The lowest BCUT2D eigenvalue weighted by Crippen LogP contribution is -1.99. The molecule has 0 aliphatic heterocycles. The average Bonchev–Trinajstić information content (AvgIpc) is 3.02. The summed E-state index contributed by atoms with van der Waals surface area (Å²) in [4.78, 5) is 0. The Hall–Kier alpha value is -1.85. The van der Waals surface area contributed by atoms with Gasteiger partial charge in [0.25, 0.3) is 0 Å². The number of nitrogens with one attached hydrogen (secondary N) is 1. The molecule has 1 aromatic heterocycles. The van der Waals surface area contributed by atoms with Crippen LogP contribution in [0, 0.1) is 6.92 Å². The van der Waals surface area contributed by atoms with Gasteiger partial charge in [-0.25, -0.2) is 0 Å². The van der Waals surface area contributed by atoms with Gasteiger partial charge in [0.1, 0.15) is 0 Å². The number of anilines is 1. The van der Waals surface area contributed by atoms with E-state index in [1.54, 1.807) is 23.1 Å². The molecule has 3 nitrogen and oxygen atoms in total. The standard InChI is InChI=1S/C18H19N3S2/c1-3-19-17-20-21-18(23-17)22-16(14-10-5-4-6-11-14)15-12-8-7-9-13(15)2/h4-12,16H,3H2,1-2H3,(H,19,20). The van der Waals surface area contributed by atoms with Gasteiger partial charge in [-0.1, -0.05) is 77.7 Å². The highest BCUT2D eigenvalue weighted by Crippen LogP contribution is 2.43. The van der Waals surface area contributed by atoms with E-state index < -0.39 is 0 Å². The number of hydrogen-bond donors (Lipinski definition) is 1. The number of benzene rings is 2. The first-order valence-electron chi connectivity index (χ1n) is 7.62. The molecule has 1 N–H and O–H groups in total. The molecule has 0 saturated carbocycles. The summed E-state index contributed by atoms with van der Waals surface area (Å²) in [5.41, 5.74) is 3.90. The van der Waals surface area contributed by atoms with Gasteiger partial charge in [-0.2, -0.15) is 0 Å². The zero-order chi connectivity index (χ0) is 16.1. The first-order valence-corrected chi connectivity index (χ1v) is 9.32. The third kappa shape index (κ3) is 3.92. The van der Waals surface area contributed by atoms with Crippen LogP contribution in [0.3, 0.4) is 0 Å². The van der Waals surface area contributed by atoms with Gasteiger partial charge in [0, 0.05) is 6.54 Å². The molecule has 0 fully saturated rings. The van der Waals surface area contributed by atoms with Gasteiger partial charge >= 0.3 is 0 Å². The smallest absolute Gasteiger partial charge is 0.206 e. The molecule has 5 heteroatoms. The zero-order valence-corrected chi connectivity index (χ0v) is 14.8. The maximum absolute atomic E-state index is 4.32. The molecule has 0 saturated heterocycles. The summed E-state index contributed by atoms with van der Waals surface area (Å²) in [6.07, 6.45) is 0. The van der Waals surface area contributed by atoms with Crippen molar-refractivity contribution in [1.29, 1.82) is 0 Å². The molecule has 0 bridgehead atoms. The fourth-order valence-corrected chi connectivity index (χ4v) is 4.64. The van der Waals surface area contributed by atoms with E-state index in [1.165, 1.54) is 16.7 Å². The van der Waals surface area contributed by atoms with Crippen molar-refractivity contribution in [2.45, 2.75) is 23.4 Å². The number of hydrogen-bond acceptors (Lipinski definition) is 5. The van der Waals surface area contributed by atoms with Crippen LogP contribution in [0.25, 0.3) is 0 Å². The van der Waals surface area contributed by atoms with Crippen LogP contribution in [0.4, 0.5) is 5.13 Å². The topological polar surface area (TPSA) is 37.8 Å². The minimum absolute atomic E-state index is 0.222. The fourth-order valence-electron chi connectivity index (χ4n) is 2.40. The van der Waals surface area contributed by atoms with Crippen molar-refractivity contribution in [1.82, 2.24) is 10.2 Å². The molecule has 1 heterocycles. The SMILES string of the molecule is CCNc1nnc(SC(c2ccccc2)c2ccccc2C)s1. The van der Waals surface area contributed by atoms with Crippen molar-refractivity contribution in [3.05, 3.63) is 71.3 Å². The summed E-state index contributed by atoms with van der Waals surface area (Å²) in [5.74, 6) is 0. The number of thioether (sulfide) groups is 1. The third-order valence-corrected chi connectivity index (χ3v) is 5.79. The molecular formula is C18H19N3S2. The second kappa shape index (κ2) is 7.62. The lowest BCUT2D eigenvalue weighted by atomic mass is 10.0. The van der Waals surface area contributed by atoms with Gasteiger partial charge in [0.05, 0.1) is 5.25 Å². The van der Waals surface area contributed by atoms with Crippen LogP contribution in [0.1, 0.15) is 28.9 Å². The summed E-state index contributed by atoms with van der Waals surface area (Å²) in [5, 5.41) is 12.9. The Morgan fingerprint density at radius 1 is 1.04 bits per heavy atom. The van der Waals surface area contributed by atoms with Crippen molar-refractivity contribution in [3.8, 4) is 0 Å². The van der Waals surface area contributed by atoms with Gasteiger partial charge < -0.3 is 5.32 Å². The van der Waals surface area contributed by atoms with Crippen molar-refractivity contribution < 1.29 is 0 Å². The Balaban J connectivity index is 1.94. The highest BCUT2D eigenvalue weighted by atomic mass is 32.2. The summed E-state index contributed by atoms with van der Waals surface area (Å²) in [6.45, 7) is 5.09. The van der Waals surface area contributed by atoms with Crippen molar-refractivity contribution in [2.24, 2.45) is 0 Å². The van der Waals surface area contributed by atoms with Gasteiger partial charge in [-0.15, -0.1) is 10.2 Å². The molecule has 2 aromatic carbocycles. The van der Waals surface area contributed by atoms with Crippen molar-refractivity contribution >= 4 is 28.2 Å². The maximum Gasteiger partial charge on any atom is 0.206 e. The lowest BCUT2D eigenvalue weighted by molar-refractivity contribution is 0.995. The van der Waals surface area contributed by atoms with E-state index in [2.05, 4.69) is 84.0 Å². The number of aromatic nitrogens is 2. The first-order chi connectivity index (χ1) is 11.3. The summed E-state index contributed by atoms with van der Waals surface area (Å²) >= 11 is 3.37. The first kappa shape index (κ1) is 16.0. The van der Waals surface area contributed by atoms with E-state index in [0.29, 0.717) is 0 Å². The Labute approximate surface area is 145 Å². The van der Waals surface area contributed by atoms with Gasteiger partial charge in [0.2, 0.25) is 5.13 Å². The Morgan fingerprint density at radius 2 is 1.78 bits per heavy atom. The van der Waals surface area contributed by atoms with Gasteiger partial charge in [-0.05, 0) is 30.5 Å². The Morgan fingerprint density at radius 3 is 2.52 bits per heavy atom. The Kier molecular flexibility index (Phi) is 5.31. The van der Waals surface area contributed by atoms with Gasteiger partial charge in [-0.3, -0.25) is 0 Å². The van der Waals surface area contributed by atoms with Crippen LogP contribution < -0.4 is 5.32 Å². The van der Waals surface area contributed by atoms with Crippen LogP contribution >= 0.6 is 23.1 Å². The van der Waals surface area contributed by atoms with Crippen LogP contribution in [0.2, 0.25) is 0 Å². The highest BCUT2D eigenvalue weighted by molar-refractivity contribution is 8.01. The minimum Gasteiger partial charge on any atom is -0.360 e. The van der Waals surface area contributed by atoms with Crippen molar-refractivity contribution in [2.75, 3.05) is 11.9 Å². The molecule has 23 heavy (non-hydrogen) atoms. The van der Waals surface area contributed by atoms with E-state index in [0.717, 1.165) is 16.0 Å². The lowest BCUT2D eigenvalue weighted by Gasteiger charge is -2.18. The summed E-state index contributed by atoms with van der Waals surface area (Å²) in [6, 6.07) is 19.1. The van der Waals surface area contributed by atoms with E-state index in [9.17, 15) is 0 Å². The number of nitrogens with zero attached hydrogens (tertiary/aromatic N) is 2. The fraction of sp³-hybridized carbons (Fsp3) is 0.222. The van der Waals surface area contributed by atoms with E-state index >= 15 is 0 Å². The van der Waals surface area contributed by atoms with E-state index in [1.807, 2.05) is 0 Å². The molecular weight excluding hydrogens is 322 g/mol. The largest absolute Gasteiger partial charge is 0.360 e. The normalized spacial score (nSPS) is 12.1. The molecule has 1 atom stereocenters. The van der Waals surface area contributed by atoms with Crippen LogP contribution in [0.5, 0.6) is 0 Å². The summed E-state index contributed by atoms with van der Waals surface area (Å²) in [7, 11) is 0. The second-order valence-electron chi connectivity index (χ2n) is 5.17. The zero-order valence-electron chi connectivity index (χ0n) is 13.2. The number of rotatable bonds is 6. The predicted octanol–water partition coefficient (Wildman–Crippen LogP) is 5.16. The average molecular weight is 342 g/mol. The summed E-state index contributed by atoms with van der Waals surface area (Å²) < 4.78 is 0.984. The van der Waals surface area contributed by atoms with Gasteiger partial charge in [0.15, 0.2) is 4.34 Å². The predicted molar refractivity (Wildman–Crippen MR) is 99.4 cm³/mol. The molecule has 0 spiro atoms. The molecule has 3 aromatic rings. The molecule has 0 amide bonds. The molecule has 0 radical (unpaired) electrons. The molecule has 3 rings (SSSR count). The highest BCUT2D eigenvalue weighted by Gasteiger charge is 2.19. The molecule has 118 valence electrons. The van der Waals surface area contributed by atoms with E-state index in [4.69, 9.17) is 0 Å². The van der Waals surface area contributed by atoms with Crippen LogP contribution in [-0.2, 0) is 0 Å². The molecule has 1 unspecified atom stereocenters. The maximum atomic E-state index is 4.32. The van der Waals surface area contributed by atoms with Crippen LogP contribution in [0.15, 0.2) is 58.9 Å². The minimum atomic E-state index is 0.222. The molecule has 0 aliphatic rings. The number of aryl methyl sites for hydroxylation is 1. The quantitative estimate of drug-likeness (QED) is 0.628. The Bertz CT molecular complexity index is 756. The second-order valence-corrected chi connectivity index (χ2v) is 7.50. The van der Waals surface area contributed by atoms with E-state index in [-0.39, 0.29) is 5.25 Å². The van der Waals surface area contributed by atoms with Crippen LogP contribution in [-0.4, -0.2) is 16.7 Å². The third-order valence-electron chi connectivity index (χ3n) is 3.53. The monoisotopic (exact) mass is 341 g/mol. The van der Waals surface area contributed by atoms with Crippen molar-refractivity contribution in [3.63, 3.8) is 0 Å².